The van der Waals surface area contributed by atoms with E-state index >= 15 is 0 Å². The summed E-state index contributed by atoms with van der Waals surface area (Å²) < 4.78 is 14.5. The highest BCUT2D eigenvalue weighted by molar-refractivity contribution is 7.45. The molecule has 1 unspecified atom stereocenters. The van der Waals surface area contributed by atoms with Crippen molar-refractivity contribution >= 4 is 13.6 Å². The Kier molecular flexibility index (Phi) is 5.34. The van der Waals surface area contributed by atoms with Crippen molar-refractivity contribution in [1.82, 2.24) is 0 Å². The number of phenols is 3. The van der Waals surface area contributed by atoms with Gasteiger partial charge in [0.1, 0.15) is 34.7 Å². The first kappa shape index (κ1) is 18.8. The van der Waals surface area contributed by atoms with Crippen molar-refractivity contribution < 1.29 is 44.1 Å². The average Bonchev–Trinajstić information content (AvgIpc) is 2.44. The van der Waals surface area contributed by atoms with Gasteiger partial charge in [0.2, 0.25) is 0 Å². The largest absolute Gasteiger partial charge is 0.508 e. The predicted octanol–water partition coefficient (Wildman–Crippen LogP) is 1.58. The summed E-state index contributed by atoms with van der Waals surface area (Å²) in [6.45, 7) is 0. The number of carbonyl (C=O) groups excluding carboxylic acids is 1. The van der Waals surface area contributed by atoms with E-state index in [1.54, 1.807) is 12.1 Å². The first-order chi connectivity index (χ1) is 11.5. The molecule has 0 aliphatic carbocycles. The lowest BCUT2D eigenvalue weighted by molar-refractivity contribution is 0.0844. The first-order valence-corrected chi connectivity index (χ1v) is 8.44. The van der Waals surface area contributed by atoms with Crippen LogP contribution in [0.5, 0.6) is 23.0 Å². The Morgan fingerprint density at radius 2 is 1.52 bits per heavy atom. The van der Waals surface area contributed by atoms with Gasteiger partial charge in [-0.1, -0.05) is 12.1 Å². The van der Waals surface area contributed by atoms with Gasteiger partial charge >= 0.3 is 7.82 Å². The molecule has 134 valence electrons. The SMILES string of the molecule is O=C1CC(c2ccc(O)cc2)Oc2cc(O)cc(O)c21.O=P(O)(O)O. The molecule has 1 aliphatic rings. The van der Waals surface area contributed by atoms with Crippen molar-refractivity contribution in [1.29, 1.82) is 0 Å². The molecular weight excluding hydrogens is 355 g/mol. The van der Waals surface area contributed by atoms with Gasteiger partial charge in [0.15, 0.2) is 5.78 Å². The zero-order chi connectivity index (χ0) is 18.8. The molecule has 1 aliphatic heterocycles. The molecule has 10 heteroatoms. The molecule has 0 spiro atoms. The molecule has 0 fully saturated rings. The molecule has 0 saturated heterocycles. The van der Waals surface area contributed by atoms with E-state index in [2.05, 4.69) is 0 Å². The normalized spacial score (nSPS) is 16.3. The van der Waals surface area contributed by atoms with Crippen LogP contribution in [0.1, 0.15) is 28.4 Å². The fourth-order valence-electron chi connectivity index (χ4n) is 2.30. The second-order valence-electron chi connectivity index (χ2n) is 5.18. The molecule has 3 rings (SSSR count). The van der Waals surface area contributed by atoms with Crippen molar-refractivity contribution in [3.05, 3.63) is 47.5 Å². The highest BCUT2D eigenvalue weighted by Gasteiger charge is 2.30. The van der Waals surface area contributed by atoms with E-state index in [4.69, 9.17) is 24.0 Å². The number of carbonyl (C=O) groups is 1. The molecule has 6 N–H and O–H groups in total. The Hall–Kier alpha value is -2.58. The molecule has 0 saturated carbocycles. The van der Waals surface area contributed by atoms with Crippen molar-refractivity contribution in [3.63, 3.8) is 0 Å². The van der Waals surface area contributed by atoms with E-state index in [1.807, 2.05) is 0 Å². The minimum Gasteiger partial charge on any atom is -0.508 e. The fraction of sp³-hybridized carbons (Fsp3) is 0.133. The zero-order valence-electron chi connectivity index (χ0n) is 12.6. The molecule has 25 heavy (non-hydrogen) atoms. The van der Waals surface area contributed by atoms with Crippen LogP contribution in [0.25, 0.3) is 0 Å². The Labute approximate surface area is 141 Å². The summed E-state index contributed by atoms with van der Waals surface area (Å²) in [5.74, 6) is -0.403. The molecule has 1 atom stereocenters. The van der Waals surface area contributed by atoms with Crippen LogP contribution in [0.4, 0.5) is 0 Å². The smallest absolute Gasteiger partial charge is 0.466 e. The highest BCUT2D eigenvalue weighted by Crippen LogP contribution is 2.41. The zero-order valence-corrected chi connectivity index (χ0v) is 13.5. The number of hydrogen-bond donors (Lipinski definition) is 6. The number of hydrogen-bond acceptors (Lipinski definition) is 6. The third-order valence-electron chi connectivity index (χ3n) is 3.25. The summed E-state index contributed by atoms with van der Waals surface area (Å²) >= 11 is 0. The van der Waals surface area contributed by atoms with Crippen LogP contribution in [-0.4, -0.2) is 35.8 Å². The second kappa shape index (κ2) is 7.12. The second-order valence-corrected chi connectivity index (χ2v) is 6.20. The maximum absolute atomic E-state index is 12.1. The van der Waals surface area contributed by atoms with Gasteiger partial charge in [-0.25, -0.2) is 4.57 Å². The van der Waals surface area contributed by atoms with Crippen LogP contribution in [-0.2, 0) is 4.57 Å². The van der Waals surface area contributed by atoms with E-state index in [-0.39, 0.29) is 40.8 Å². The summed E-state index contributed by atoms with van der Waals surface area (Å²) in [4.78, 5) is 33.7. The molecule has 9 nitrogen and oxygen atoms in total. The van der Waals surface area contributed by atoms with E-state index in [1.165, 1.54) is 18.2 Å². The molecule has 1 heterocycles. The van der Waals surface area contributed by atoms with Gasteiger partial charge in [-0.2, -0.15) is 0 Å². The number of fused-ring (bicyclic) bond motifs is 1. The first-order valence-electron chi connectivity index (χ1n) is 6.87. The Morgan fingerprint density at radius 1 is 0.960 bits per heavy atom. The van der Waals surface area contributed by atoms with E-state index < -0.39 is 13.9 Å². The molecule has 2 aromatic rings. The molecule has 0 aromatic heterocycles. The van der Waals surface area contributed by atoms with Crippen molar-refractivity contribution in [2.24, 2.45) is 0 Å². The summed E-state index contributed by atoms with van der Waals surface area (Å²) in [6.07, 6.45) is -0.410. The van der Waals surface area contributed by atoms with Gasteiger partial charge in [-0.15, -0.1) is 0 Å². The molecular formula is C15H15O9P. The molecule has 0 bridgehead atoms. The van der Waals surface area contributed by atoms with Crippen LogP contribution in [0.15, 0.2) is 36.4 Å². The number of benzene rings is 2. The standard InChI is InChI=1S/C15H12O5.H3O4P/c16-9-3-1-8(2-4-9)13-7-12(19)15-11(18)5-10(17)6-14(15)20-13;1-5(2,3)4/h1-6,13,16-18H,7H2;(H3,1,2,3,4). The van der Waals surface area contributed by atoms with Gasteiger partial charge < -0.3 is 34.7 Å². The van der Waals surface area contributed by atoms with Crippen LogP contribution >= 0.6 is 7.82 Å². The minimum absolute atomic E-state index is 0.0934. The van der Waals surface area contributed by atoms with Gasteiger partial charge in [0.05, 0.1) is 6.42 Å². The lowest BCUT2D eigenvalue weighted by Gasteiger charge is -2.26. The molecule has 0 radical (unpaired) electrons. The van der Waals surface area contributed by atoms with Crippen LogP contribution in [0, 0.1) is 0 Å². The highest BCUT2D eigenvalue weighted by atomic mass is 31.2. The number of aromatic hydroxyl groups is 3. The summed E-state index contributed by atoms with van der Waals surface area (Å²) in [5.41, 5.74) is 0.836. The third-order valence-corrected chi connectivity index (χ3v) is 3.25. The molecule has 0 amide bonds. The maximum atomic E-state index is 12.1. The minimum atomic E-state index is -4.64. The summed E-state index contributed by atoms with van der Waals surface area (Å²) in [5, 5.41) is 28.4. The maximum Gasteiger partial charge on any atom is 0.466 e. The number of phenolic OH excluding ortho intramolecular Hbond substituents is 3. The monoisotopic (exact) mass is 370 g/mol. The van der Waals surface area contributed by atoms with Crippen LogP contribution in [0.2, 0.25) is 0 Å². The Morgan fingerprint density at radius 3 is 2.08 bits per heavy atom. The Bertz CT molecular complexity index is 817. The lowest BCUT2D eigenvalue weighted by atomic mass is 9.95. The van der Waals surface area contributed by atoms with Crippen molar-refractivity contribution in [2.45, 2.75) is 12.5 Å². The quantitative estimate of drug-likeness (QED) is 0.409. The van der Waals surface area contributed by atoms with Crippen LogP contribution < -0.4 is 4.74 Å². The third kappa shape index (κ3) is 5.20. The van der Waals surface area contributed by atoms with Gasteiger partial charge in [-0.3, -0.25) is 4.79 Å². The number of ether oxygens (including phenoxy) is 1. The number of ketones is 1. The number of phosphoric acid groups is 1. The predicted molar refractivity (Wildman–Crippen MR) is 84.5 cm³/mol. The Balaban J connectivity index is 0.000000399. The van der Waals surface area contributed by atoms with E-state index in [0.29, 0.717) is 0 Å². The molecule has 2 aromatic carbocycles. The van der Waals surface area contributed by atoms with Crippen LogP contribution in [0.3, 0.4) is 0 Å². The lowest BCUT2D eigenvalue weighted by Crippen LogP contribution is -2.20. The fourth-order valence-corrected chi connectivity index (χ4v) is 2.30. The van der Waals surface area contributed by atoms with Crippen molar-refractivity contribution in [3.8, 4) is 23.0 Å². The number of Topliss-reactive ketones (excluding diaryl/α,β-unsaturated/α-hetero) is 1. The van der Waals surface area contributed by atoms with E-state index in [0.717, 1.165) is 11.6 Å². The number of rotatable bonds is 1. The van der Waals surface area contributed by atoms with Gasteiger partial charge in [-0.05, 0) is 17.7 Å². The summed E-state index contributed by atoms with van der Waals surface area (Å²) in [6, 6.07) is 8.78. The summed E-state index contributed by atoms with van der Waals surface area (Å²) in [7, 11) is -4.64. The van der Waals surface area contributed by atoms with Gasteiger partial charge in [0.25, 0.3) is 0 Å². The topological polar surface area (TPSA) is 165 Å². The van der Waals surface area contributed by atoms with Gasteiger partial charge in [0, 0.05) is 12.1 Å². The van der Waals surface area contributed by atoms with E-state index in [9.17, 15) is 20.1 Å². The van der Waals surface area contributed by atoms with Crippen molar-refractivity contribution in [2.75, 3.05) is 0 Å². The average molecular weight is 370 g/mol.